The van der Waals surface area contributed by atoms with E-state index in [0.717, 1.165) is 12.8 Å². The highest BCUT2D eigenvalue weighted by Gasteiger charge is 2.39. The number of allylic oxidation sites excluding steroid dienone is 8. The average molecular weight is 505 g/mol. The lowest BCUT2D eigenvalue weighted by molar-refractivity contribution is -0.582. The van der Waals surface area contributed by atoms with Crippen molar-refractivity contribution in [1.29, 1.82) is 0 Å². The van der Waals surface area contributed by atoms with Crippen molar-refractivity contribution in [3.63, 3.8) is 0 Å². The van der Waals surface area contributed by atoms with E-state index in [1.165, 1.54) is 76.7 Å². The number of fused-ring (bicyclic) bond motifs is 2. The Morgan fingerprint density at radius 3 is 1.47 bits per heavy atom. The van der Waals surface area contributed by atoms with Gasteiger partial charge < -0.3 is 9.80 Å². The van der Waals surface area contributed by atoms with Crippen molar-refractivity contribution in [2.24, 2.45) is 0 Å². The Bertz CT molecular complexity index is 1340. The molecule has 2 fully saturated rings. The van der Waals surface area contributed by atoms with Gasteiger partial charge in [-0.15, -0.1) is 0 Å². The first-order chi connectivity index (χ1) is 18.2. The highest BCUT2D eigenvalue weighted by Crippen LogP contribution is 2.48. The van der Waals surface area contributed by atoms with Crippen LogP contribution < -0.4 is 9.80 Å². The van der Waals surface area contributed by atoms with E-state index in [9.17, 15) is 0 Å². The second-order valence-corrected chi connectivity index (χ2v) is 12.4. The number of para-hydroxylation sites is 2. The van der Waals surface area contributed by atoms with Gasteiger partial charge in [-0.25, -0.2) is 4.58 Å². The van der Waals surface area contributed by atoms with Crippen LogP contribution >= 0.6 is 0 Å². The van der Waals surface area contributed by atoms with Crippen molar-refractivity contribution >= 4 is 17.1 Å². The van der Waals surface area contributed by atoms with E-state index >= 15 is 0 Å². The Balaban J connectivity index is 1.37. The second kappa shape index (κ2) is 9.15. The maximum absolute atomic E-state index is 2.62. The van der Waals surface area contributed by atoms with Crippen molar-refractivity contribution in [3.05, 3.63) is 107 Å². The van der Waals surface area contributed by atoms with E-state index in [1.807, 2.05) is 0 Å². The molecule has 196 valence electrons. The zero-order valence-electron chi connectivity index (χ0n) is 24.0. The van der Waals surface area contributed by atoms with Crippen molar-refractivity contribution in [2.45, 2.75) is 64.2 Å². The molecule has 1 aliphatic carbocycles. The molecule has 3 nitrogen and oxygen atoms in total. The maximum Gasteiger partial charge on any atom is 0.206 e. The van der Waals surface area contributed by atoms with Gasteiger partial charge in [-0.3, -0.25) is 0 Å². The molecule has 1 saturated heterocycles. The molecular weight excluding hydrogens is 462 g/mol. The Morgan fingerprint density at radius 2 is 1.08 bits per heavy atom. The summed E-state index contributed by atoms with van der Waals surface area (Å²) in [6, 6.07) is 17.7. The topological polar surface area (TPSA) is 9.49 Å². The molecule has 3 heterocycles. The Morgan fingerprint density at radius 1 is 0.632 bits per heavy atom. The average Bonchev–Trinajstić information content (AvgIpc) is 3.19. The van der Waals surface area contributed by atoms with Gasteiger partial charge in [-0.2, -0.15) is 0 Å². The van der Waals surface area contributed by atoms with E-state index < -0.39 is 0 Å². The summed E-state index contributed by atoms with van der Waals surface area (Å²) < 4.78 is 2.62. The molecule has 4 aliphatic rings. The van der Waals surface area contributed by atoms with Crippen LogP contribution in [0, 0.1) is 0 Å². The lowest BCUT2D eigenvalue weighted by Crippen LogP contribution is -2.36. The summed E-state index contributed by atoms with van der Waals surface area (Å²) in [5, 5.41) is 0. The van der Waals surface area contributed by atoms with E-state index in [2.05, 4.69) is 129 Å². The molecule has 0 unspecified atom stereocenters. The largest absolute Gasteiger partial charge is 0.347 e. The number of nitrogens with zero attached hydrogens (tertiary/aromatic N) is 3. The molecule has 0 aromatic heterocycles. The number of hydrogen-bond donors (Lipinski definition) is 0. The quantitative estimate of drug-likeness (QED) is 0.392. The van der Waals surface area contributed by atoms with Crippen LogP contribution in [-0.4, -0.2) is 37.5 Å². The van der Waals surface area contributed by atoms with Gasteiger partial charge in [0.1, 0.15) is 13.1 Å². The summed E-state index contributed by atoms with van der Waals surface area (Å²) in [5.74, 6) is 0. The van der Waals surface area contributed by atoms with Crippen LogP contribution in [0.15, 0.2) is 95.4 Å². The molecular formula is C35H42N3+. The van der Waals surface area contributed by atoms with Crippen LogP contribution in [0.1, 0.15) is 64.5 Å². The molecule has 3 aliphatic heterocycles. The second-order valence-electron chi connectivity index (χ2n) is 12.4. The first-order valence-corrected chi connectivity index (χ1v) is 14.3. The van der Waals surface area contributed by atoms with Gasteiger partial charge in [0.05, 0.1) is 6.42 Å². The fourth-order valence-electron chi connectivity index (χ4n) is 7.15. The highest BCUT2D eigenvalue weighted by molar-refractivity contribution is 6.10. The zero-order chi connectivity index (χ0) is 26.7. The third kappa shape index (κ3) is 3.82. The summed E-state index contributed by atoms with van der Waals surface area (Å²) in [7, 11) is 4.43. The van der Waals surface area contributed by atoms with Crippen LogP contribution in [0.4, 0.5) is 11.4 Å². The highest BCUT2D eigenvalue weighted by atomic mass is 15.2. The number of rotatable bonds is 2. The van der Waals surface area contributed by atoms with E-state index in [4.69, 9.17) is 0 Å². The molecule has 3 heteroatoms. The minimum absolute atomic E-state index is 0.00468. The van der Waals surface area contributed by atoms with Gasteiger partial charge >= 0.3 is 0 Å². The van der Waals surface area contributed by atoms with Gasteiger partial charge in [-0.1, -0.05) is 76.2 Å². The zero-order valence-corrected chi connectivity index (χ0v) is 24.0. The molecule has 0 atom stereocenters. The predicted molar refractivity (Wildman–Crippen MR) is 162 cm³/mol. The monoisotopic (exact) mass is 504 g/mol. The van der Waals surface area contributed by atoms with Crippen LogP contribution in [0.25, 0.3) is 0 Å². The summed E-state index contributed by atoms with van der Waals surface area (Å²) in [4.78, 5) is 4.77. The summed E-state index contributed by atoms with van der Waals surface area (Å²) in [5.41, 5.74) is 12.7. The molecule has 0 amide bonds. The smallest absolute Gasteiger partial charge is 0.206 e. The molecule has 0 radical (unpaired) electrons. The van der Waals surface area contributed by atoms with Gasteiger partial charge in [0.2, 0.25) is 5.71 Å². The predicted octanol–water partition coefficient (Wildman–Crippen LogP) is 7.50. The fraction of sp³-hybridized carbons (Fsp3) is 0.400. The number of anilines is 2. The first kappa shape index (κ1) is 25.0. The SMILES string of the molecule is CN1/C(=C/C=C2\CCC/C(=C\C=C3\N(C)c4ccccc4C3(C)C)C2=[N+]2CCC2)C(C)(C)c2ccccc21. The van der Waals surface area contributed by atoms with Gasteiger partial charge in [0, 0.05) is 58.8 Å². The molecule has 1 saturated carbocycles. The molecule has 0 bridgehead atoms. The Kier molecular flexibility index (Phi) is 6.01. The van der Waals surface area contributed by atoms with Crippen molar-refractivity contribution in [1.82, 2.24) is 0 Å². The summed E-state index contributed by atoms with van der Waals surface area (Å²) >= 11 is 0. The van der Waals surface area contributed by atoms with E-state index in [1.54, 1.807) is 0 Å². The van der Waals surface area contributed by atoms with Crippen molar-refractivity contribution in [2.75, 3.05) is 37.0 Å². The van der Waals surface area contributed by atoms with E-state index in [-0.39, 0.29) is 10.8 Å². The Labute approximate surface area is 229 Å². The van der Waals surface area contributed by atoms with Crippen molar-refractivity contribution in [3.8, 4) is 0 Å². The molecule has 6 rings (SSSR count). The number of hydrogen-bond acceptors (Lipinski definition) is 2. The van der Waals surface area contributed by atoms with Gasteiger partial charge in [0.15, 0.2) is 0 Å². The number of benzene rings is 2. The third-order valence-electron chi connectivity index (χ3n) is 9.44. The van der Waals surface area contributed by atoms with Crippen LogP contribution in [0.2, 0.25) is 0 Å². The first-order valence-electron chi connectivity index (χ1n) is 14.3. The lowest BCUT2D eigenvalue weighted by atomic mass is 9.82. The van der Waals surface area contributed by atoms with Gasteiger partial charge in [-0.05, 0) is 54.7 Å². The molecule has 2 aromatic rings. The minimum Gasteiger partial charge on any atom is -0.347 e. The summed E-state index contributed by atoms with van der Waals surface area (Å²) in [6.07, 6.45) is 14.5. The lowest BCUT2D eigenvalue weighted by Gasteiger charge is -2.26. The van der Waals surface area contributed by atoms with Crippen LogP contribution in [0.3, 0.4) is 0 Å². The van der Waals surface area contributed by atoms with E-state index in [0.29, 0.717) is 0 Å². The molecule has 0 N–H and O–H groups in total. The van der Waals surface area contributed by atoms with Crippen LogP contribution in [0.5, 0.6) is 0 Å². The molecule has 38 heavy (non-hydrogen) atoms. The normalized spacial score (nSPS) is 25.9. The third-order valence-corrected chi connectivity index (χ3v) is 9.44. The standard InChI is InChI=1S/C35H42N3/c1-34(2)27-15-7-9-17-29(27)36(5)31(34)21-19-25-13-11-14-26(33(25)38-23-12-24-38)20-22-32-35(3,4)28-16-8-10-18-30(28)37(32)6/h7-10,15-22H,11-14,23-24H2,1-6H3/q+1. The number of likely N-dealkylation sites (N-methyl/N-ethyl adjacent to an activating group) is 2. The molecule has 0 spiro atoms. The van der Waals surface area contributed by atoms with Crippen molar-refractivity contribution < 1.29 is 4.58 Å². The van der Waals surface area contributed by atoms with Gasteiger partial charge in [0.25, 0.3) is 0 Å². The summed E-state index contributed by atoms with van der Waals surface area (Å²) in [6.45, 7) is 11.8. The maximum atomic E-state index is 2.62. The minimum atomic E-state index is 0.00468. The fourth-order valence-corrected chi connectivity index (χ4v) is 7.15. The Hall–Kier alpha value is -3.33. The molecule has 2 aromatic carbocycles. The van der Waals surface area contributed by atoms with Crippen LogP contribution in [-0.2, 0) is 10.8 Å².